The maximum atomic E-state index is 11.0. The van der Waals surface area contributed by atoms with E-state index in [-0.39, 0.29) is 37.1 Å². The van der Waals surface area contributed by atoms with Crippen molar-refractivity contribution >= 4 is 23.9 Å². The first kappa shape index (κ1) is 33.4. The Labute approximate surface area is 188 Å². The summed E-state index contributed by atoms with van der Waals surface area (Å²) < 4.78 is 20.8. The fourth-order valence-electron chi connectivity index (χ4n) is 1.31. The molecule has 0 aromatic rings. The van der Waals surface area contributed by atoms with Crippen molar-refractivity contribution in [2.45, 2.75) is 46.0 Å². The lowest BCUT2D eigenvalue weighted by Crippen LogP contribution is -2.26. The molecule has 10 nitrogen and oxygen atoms in total. The third-order valence-electron chi connectivity index (χ3n) is 2.83. The van der Waals surface area contributed by atoms with Crippen LogP contribution in [-0.4, -0.2) is 72.2 Å². The number of aliphatic carboxylic acids is 2. The van der Waals surface area contributed by atoms with E-state index < -0.39 is 23.9 Å². The summed E-state index contributed by atoms with van der Waals surface area (Å²) in [5, 5.41) is 15.5. The first-order valence-corrected chi connectivity index (χ1v) is 9.40. The Kier molecular flexibility index (Phi) is 21.9. The van der Waals surface area contributed by atoms with E-state index in [1.54, 1.807) is 13.8 Å². The van der Waals surface area contributed by atoms with Crippen molar-refractivity contribution in [3.63, 3.8) is 0 Å². The number of ether oxygens (including phenoxy) is 4. The van der Waals surface area contributed by atoms with Crippen LogP contribution >= 0.6 is 0 Å². The lowest BCUT2D eigenvalue weighted by molar-refractivity contribution is -0.149. The number of hydrogen-bond acceptors (Lipinski definition) is 8. The fourth-order valence-corrected chi connectivity index (χ4v) is 1.31. The monoisotopic (exact) mass is 458 g/mol. The van der Waals surface area contributed by atoms with E-state index in [2.05, 4.69) is 26.3 Å². The van der Waals surface area contributed by atoms with Gasteiger partial charge in [0.05, 0.1) is 25.9 Å². The predicted octanol–water partition coefficient (Wildman–Crippen LogP) is 2.55. The molecule has 3 atom stereocenters. The van der Waals surface area contributed by atoms with E-state index in [1.807, 2.05) is 6.92 Å². The number of hydrogen-bond donors (Lipinski definition) is 2. The van der Waals surface area contributed by atoms with Crippen LogP contribution in [0.1, 0.15) is 27.7 Å². The SMILES string of the molecule is C=C(C)C(=O)O.C=CC(=O)O.C=CC(=O)OC(C)COCC(C)OCC(C)OC(=O)C=C. The molecular formula is C22H34O10. The minimum atomic E-state index is -0.981. The highest BCUT2D eigenvalue weighted by atomic mass is 16.6. The predicted molar refractivity (Wildman–Crippen MR) is 118 cm³/mol. The molecule has 0 radical (unpaired) electrons. The molecule has 3 unspecified atom stereocenters. The summed E-state index contributed by atoms with van der Waals surface area (Å²) in [6.45, 7) is 20.4. The summed E-state index contributed by atoms with van der Waals surface area (Å²) in [5.74, 6) is -2.87. The van der Waals surface area contributed by atoms with Crippen LogP contribution in [0.15, 0.2) is 50.1 Å². The molecule has 0 aliphatic rings. The van der Waals surface area contributed by atoms with Crippen molar-refractivity contribution in [1.82, 2.24) is 0 Å². The molecule has 0 spiro atoms. The molecule has 0 aromatic heterocycles. The quantitative estimate of drug-likeness (QED) is 0.312. The van der Waals surface area contributed by atoms with Gasteiger partial charge in [-0.25, -0.2) is 19.2 Å². The van der Waals surface area contributed by atoms with Gasteiger partial charge in [-0.3, -0.25) is 0 Å². The minimum absolute atomic E-state index is 0.169. The second-order valence-electron chi connectivity index (χ2n) is 6.21. The van der Waals surface area contributed by atoms with Crippen molar-refractivity contribution in [1.29, 1.82) is 0 Å². The maximum absolute atomic E-state index is 11.0. The Morgan fingerprint density at radius 1 is 0.781 bits per heavy atom. The second kappa shape index (κ2) is 21.0. The molecule has 0 amide bonds. The topological polar surface area (TPSA) is 146 Å². The van der Waals surface area contributed by atoms with Gasteiger partial charge in [0, 0.05) is 23.8 Å². The number of rotatable bonds is 13. The molecule has 182 valence electrons. The minimum Gasteiger partial charge on any atom is -0.478 e. The van der Waals surface area contributed by atoms with Crippen molar-refractivity contribution in [3.8, 4) is 0 Å². The first-order valence-electron chi connectivity index (χ1n) is 9.40. The molecule has 10 heteroatoms. The Morgan fingerprint density at radius 2 is 1.12 bits per heavy atom. The molecule has 32 heavy (non-hydrogen) atoms. The Bertz CT molecular complexity index is 627. The zero-order valence-electron chi connectivity index (χ0n) is 19.1. The summed E-state index contributed by atoms with van der Waals surface area (Å²) in [6, 6.07) is 0. The molecule has 0 aliphatic heterocycles. The molecular weight excluding hydrogens is 424 g/mol. The smallest absolute Gasteiger partial charge is 0.330 e. The van der Waals surface area contributed by atoms with Gasteiger partial charge in [0.25, 0.3) is 0 Å². The van der Waals surface area contributed by atoms with Crippen LogP contribution in [0, 0.1) is 0 Å². The van der Waals surface area contributed by atoms with Gasteiger partial charge in [-0.05, 0) is 27.7 Å². The second-order valence-corrected chi connectivity index (χ2v) is 6.21. The summed E-state index contributed by atoms with van der Waals surface area (Å²) in [7, 11) is 0. The normalized spacial score (nSPS) is 12.0. The zero-order chi connectivity index (χ0) is 25.7. The number of carbonyl (C=O) groups is 4. The van der Waals surface area contributed by atoms with E-state index in [4.69, 9.17) is 29.2 Å². The van der Waals surface area contributed by atoms with Crippen LogP contribution in [0.2, 0.25) is 0 Å². The van der Waals surface area contributed by atoms with Crippen molar-refractivity contribution < 1.29 is 48.3 Å². The Balaban J connectivity index is -0.000000626. The molecule has 2 N–H and O–H groups in total. The highest BCUT2D eigenvalue weighted by Gasteiger charge is 2.11. The fraction of sp³-hybridized carbons (Fsp3) is 0.455. The van der Waals surface area contributed by atoms with Gasteiger partial charge in [-0.1, -0.05) is 26.3 Å². The Hall–Kier alpha value is -3.24. The average molecular weight is 459 g/mol. The van der Waals surface area contributed by atoms with Crippen molar-refractivity contribution in [3.05, 3.63) is 50.1 Å². The van der Waals surface area contributed by atoms with Crippen LogP contribution in [0.4, 0.5) is 0 Å². The molecule has 0 rings (SSSR count). The summed E-state index contributed by atoms with van der Waals surface area (Å²) >= 11 is 0. The first-order chi connectivity index (χ1) is 14.8. The number of carboxylic acids is 2. The van der Waals surface area contributed by atoms with Crippen LogP contribution < -0.4 is 0 Å². The number of esters is 2. The van der Waals surface area contributed by atoms with Crippen LogP contribution in [0.5, 0.6) is 0 Å². The van der Waals surface area contributed by atoms with Crippen molar-refractivity contribution in [2.24, 2.45) is 0 Å². The number of carboxylic acid groups (broad SMARTS) is 2. The summed E-state index contributed by atoms with van der Waals surface area (Å²) in [5.41, 5.74) is 0.176. The highest BCUT2D eigenvalue weighted by Crippen LogP contribution is 2.00. The van der Waals surface area contributed by atoms with E-state index in [9.17, 15) is 19.2 Å². The third kappa shape index (κ3) is 26.8. The molecule has 0 aromatic carbocycles. The lowest BCUT2D eigenvalue weighted by Gasteiger charge is -2.18. The van der Waals surface area contributed by atoms with Gasteiger partial charge in [0.15, 0.2) is 0 Å². The molecule has 0 heterocycles. The van der Waals surface area contributed by atoms with Gasteiger partial charge in [-0.15, -0.1) is 0 Å². The van der Waals surface area contributed by atoms with Crippen molar-refractivity contribution in [2.75, 3.05) is 19.8 Å². The summed E-state index contributed by atoms with van der Waals surface area (Å²) in [4.78, 5) is 40.7. The summed E-state index contributed by atoms with van der Waals surface area (Å²) in [6.07, 6.45) is 2.17. The Morgan fingerprint density at radius 3 is 1.44 bits per heavy atom. The average Bonchev–Trinajstić information content (AvgIpc) is 2.72. The van der Waals surface area contributed by atoms with Gasteiger partial charge in [0.1, 0.15) is 12.2 Å². The molecule has 0 fully saturated rings. The van der Waals surface area contributed by atoms with Gasteiger partial charge >= 0.3 is 23.9 Å². The van der Waals surface area contributed by atoms with E-state index in [0.29, 0.717) is 6.61 Å². The largest absolute Gasteiger partial charge is 0.478 e. The molecule has 0 bridgehead atoms. The third-order valence-corrected chi connectivity index (χ3v) is 2.83. The molecule has 0 saturated heterocycles. The van der Waals surface area contributed by atoms with Gasteiger partial charge < -0.3 is 29.2 Å². The lowest BCUT2D eigenvalue weighted by atomic mass is 10.4. The standard InChI is InChI=1S/C15H24O6.C4H6O2.C3H4O2/c1-6-14(16)20-12(4)9-18-8-11(3)19-10-13(5)21-15(17)7-2;1-3(2)4(5)6;1-2-3(4)5/h6-7,11-13H,1-2,8-10H2,3-5H3;1H2,2H3,(H,5,6);2H,1H2,(H,4,5). The molecule has 0 saturated carbocycles. The zero-order valence-corrected chi connectivity index (χ0v) is 19.1. The maximum Gasteiger partial charge on any atom is 0.330 e. The van der Waals surface area contributed by atoms with E-state index in [0.717, 1.165) is 18.2 Å². The van der Waals surface area contributed by atoms with E-state index in [1.165, 1.54) is 6.92 Å². The van der Waals surface area contributed by atoms with Crippen LogP contribution in [0.25, 0.3) is 0 Å². The number of carbonyl (C=O) groups excluding carboxylic acids is 2. The van der Waals surface area contributed by atoms with E-state index >= 15 is 0 Å². The van der Waals surface area contributed by atoms with Crippen LogP contribution in [-0.2, 0) is 38.1 Å². The van der Waals surface area contributed by atoms with Gasteiger partial charge in [-0.2, -0.15) is 0 Å². The van der Waals surface area contributed by atoms with Crippen LogP contribution in [0.3, 0.4) is 0 Å². The highest BCUT2D eigenvalue weighted by molar-refractivity contribution is 5.84. The molecule has 0 aliphatic carbocycles. The van der Waals surface area contributed by atoms with Gasteiger partial charge in [0.2, 0.25) is 0 Å².